The highest BCUT2D eigenvalue weighted by molar-refractivity contribution is 8.16. The highest BCUT2D eigenvalue weighted by atomic mass is 32.2. The van der Waals surface area contributed by atoms with Crippen molar-refractivity contribution in [3.8, 4) is 0 Å². The molecule has 0 amide bonds. The summed E-state index contributed by atoms with van der Waals surface area (Å²) in [5.41, 5.74) is 3.70. The predicted molar refractivity (Wildman–Crippen MR) is 123 cm³/mol. The minimum atomic E-state index is -1.73. The molecular weight excluding hydrogens is 430 g/mol. The van der Waals surface area contributed by atoms with Gasteiger partial charge in [-0.15, -0.1) is 0 Å². The van der Waals surface area contributed by atoms with Gasteiger partial charge >= 0.3 is 0 Å². The molecule has 0 spiro atoms. The molecule has 0 aromatic heterocycles. The number of hydrogen-bond donors (Lipinski definition) is 6. The van der Waals surface area contributed by atoms with E-state index in [-0.39, 0.29) is 0 Å². The molecular formula is C23H27N3O5S. The van der Waals surface area contributed by atoms with E-state index in [1.165, 1.54) is 11.8 Å². The second kappa shape index (κ2) is 9.72. The Morgan fingerprint density at radius 2 is 1.69 bits per heavy atom. The Labute approximate surface area is 190 Å². The van der Waals surface area contributed by atoms with E-state index >= 15 is 0 Å². The maximum absolute atomic E-state index is 11.1. The zero-order valence-corrected chi connectivity index (χ0v) is 18.3. The molecule has 4 rings (SSSR count). The van der Waals surface area contributed by atoms with Gasteiger partial charge in [-0.05, 0) is 18.1 Å². The molecule has 0 bridgehead atoms. The van der Waals surface area contributed by atoms with E-state index in [4.69, 9.17) is 10.1 Å². The Morgan fingerprint density at radius 3 is 2.34 bits per heavy atom. The number of nitrogens with one attached hydrogen (secondary N) is 1. The van der Waals surface area contributed by atoms with Gasteiger partial charge in [0.2, 0.25) is 0 Å². The van der Waals surface area contributed by atoms with Crippen molar-refractivity contribution in [1.29, 1.82) is 0 Å². The number of aliphatic hydroxyl groups is 5. The number of nitrogens with zero attached hydrogens (tertiary/aromatic N) is 2. The smallest absolute Gasteiger partial charge is 0.171 e. The average molecular weight is 458 g/mol. The molecule has 2 heterocycles. The first-order valence-corrected chi connectivity index (χ1v) is 11.2. The van der Waals surface area contributed by atoms with Crippen LogP contribution in [0.5, 0.6) is 0 Å². The van der Waals surface area contributed by atoms with Crippen LogP contribution in [-0.2, 0) is 0 Å². The first-order chi connectivity index (χ1) is 15.4. The van der Waals surface area contributed by atoms with E-state index < -0.39 is 43.4 Å². The van der Waals surface area contributed by atoms with Gasteiger partial charge in [0.15, 0.2) is 5.17 Å². The van der Waals surface area contributed by atoms with Crippen molar-refractivity contribution in [2.45, 2.75) is 43.7 Å². The summed E-state index contributed by atoms with van der Waals surface area (Å²) in [7, 11) is 0. The van der Waals surface area contributed by atoms with Crippen molar-refractivity contribution >= 4 is 22.6 Å². The van der Waals surface area contributed by atoms with Crippen molar-refractivity contribution in [2.24, 2.45) is 4.99 Å². The van der Waals surface area contributed by atoms with Gasteiger partial charge in [0.25, 0.3) is 0 Å². The van der Waals surface area contributed by atoms with Crippen LogP contribution in [0.4, 0.5) is 0 Å². The van der Waals surface area contributed by atoms with Crippen LogP contribution >= 0.6 is 11.8 Å². The molecule has 0 aliphatic carbocycles. The summed E-state index contributed by atoms with van der Waals surface area (Å²) in [6.07, 6.45) is -7.86. The number of aliphatic imine (C=N–C) groups is 1. The summed E-state index contributed by atoms with van der Waals surface area (Å²) < 4.78 is 0. The van der Waals surface area contributed by atoms with Gasteiger partial charge in [0.1, 0.15) is 36.7 Å². The predicted octanol–water partition coefficient (Wildman–Crippen LogP) is 0.762. The van der Waals surface area contributed by atoms with Crippen LogP contribution in [0.2, 0.25) is 0 Å². The van der Waals surface area contributed by atoms with Crippen molar-refractivity contribution in [3.63, 3.8) is 0 Å². The third-order valence-electron chi connectivity index (χ3n) is 5.66. The number of aryl methyl sites for hydroxylation is 1. The van der Waals surface area contributed by atoms with Crippen LogP contribution in [0.25, 0.3) is 5.70 Å². The summed E-state index contributed by atoms with van der Waals surface area (Å²) in [6, 6.07) is 17.4. The Kier molecular flexibility index (Phi) is 6.96. The van der Waals surface area contributed by atoms with E-state index in [2.05, 4.69) is 5.32 Å². The van der Waals surface area contributed by atoms with Gasteiger partial charge in [-0.25, -0.2) is 4.99 Å². The summed E-state index contributed by atoms with van der Waals surface area (Å²) >= 11 is 1.41. The normalized spacial score (nSPS) is 24.2. The first-order valence-electron chi connectivity index (χ1n) is 10.4. The van der Waals surface area contributed by atoms with E-state index in [9.17, 15) is 20.4 Å². The van der Waals surface area contributed by atoms with Crippen LogP contribution in [0, 0.1) is 6.92 Å². The van der Waals surface area contributed by atoms with Gasteiger partial charge in [-0.3, -0.25) is 5.32 Å². The lowest BCUT2D eigenvalue weighted by atomic mass is 9.99. The van der Waals surface area contributed by atoms with Gasteiger partial charge in [0.05, 0.1) is 12.3 Å². The summed E-state index contributed by atoms with van der Waals surface area (Å²) in [5, 5.41) is 56.6. The lowest BCUT2D eigenvalue weighted by Crippen LogP contribution is -2.62. The fraction of sp³-hybridized carbons (Fsp3) is 0.348. The third kappa shape index (κ3) is 4.46. The lowest BCUT2D eigenvalue weighted by Gasteiger charge is -2.42. The van der Waals surface area contributed by atoms with Crippen LogP contribution < -0.4 is 5.32 Å². The number of benzene rings is 2. The fourth-order valence-corrected chi connectivity index (χ4v) is 4.74. The Bertz CT molecular complexity index is 985. The highest BCUT2D eigenvalue weighted by Crippen LogP contribution is 2.40. The second-order valence-corrected chi connectivity index (χ2v) is 8.75. The van der Waals surface area contributed by atoms with Crippen LogP contribution in [0.15, 0.2) is 65.0 Å². The van der Waals surface area contributed by atoms with E-state index in [1.54, 1.807) is 4.90 Å². The molecule has 0 fully saturated rings. The molecule has 0 saturated carbocycles. The Hall–Kier alpha value is -2.24. The highest BCUT2D eigenvalue weighted by Gasteiger charge is 2.44. The monoisotopic (exact) mass is 457 g/mol. The van der Waals surface area contributed by atoms with Crippen molar-refractivity contribution in [3.05, 3.63) is 76.7 Å². The molecule has 0 radical (unpaired) electrons. The average Bonchev–Trinajstić information content (AvgIpc) is 3.26. The lowest BCUT2D eigenvalue weighted by molar-refractivity contribution is -0.129. The standard InChI is InChI=1S/C23H27N3O5S/c1-13-7-9-14(10-8-13)16-12-32-23-25-21(15-5-3-2-4-6-15)24-22(26(16)23)20(31)19(30)18(29)17(28)11-27/h2-10,12,17-22,24,27-31H,11H2,1H3/t17-,18-,19+,20-,21-,22+/m1/s1. The molecule has 0 saturated heterocycles. The van der Waals surface area contributed by atoms with Crippen molar-refractivity contribution in [2.75, 3.05) is 6.61 Å². The largest absolute Gasteiger partial charge is 0.394 e. The summed E-state index contributed by atoms with van der Waals surface area (Å²) in [6.45, 7) is 1.26. The molecule has 170 valence electrons. The van der Waals surface area contributed by atoms with E-state index in [1.807, 2.05) is 66.9 Å². The second-order valence-electron chi connectivity index (χ2n) is 7.92. The van der Waals surface area contributed by atoms with Gasteiger partial charge in [-0.1, -0.05) is 71.9 Å². The van der Waals surface area contributed by atoms with Gasteiger partial charge in [-0.2, -0.15) is 0 Å². The molecule has 2 aliphatic rings. The molecule has 6 atom stereocenters. The van der Waals surface area contributed by atoms with Crippen LogP contribution in [0.1, 0.15) is 22.9 Å². The topological polar surface area (TPSA) is 129 Å². The molecule has 32 heavy (non-hydrogen) atoms. The Morgan fingerprint density at radius 1 is 1.00 bits per heavy atom. The minimum absolute atomic E-state index is 0.479. The zero-order chi connectivity index (χ0) is 22.8. The zero-order valence-electron chi connectivity index (χ0n) is 17.5. The fourth-order valence-electron chi connectivity index (χ4n) is 3.78. The molecule has 6 N–H and O–H groups in total. The summed E-state index contributed by atoms with van der Waals surface area (Å²) in [5.74, 6) is 0. The molecule has 8 nitrogen and oxygen atoms in total. The number of fused-ring (bicyclic) bond motifs is 1. The SMILES string of the molecule is Cc1ccc(C2=CSC3=N[C@H](c4ccccc4)N[C@H]([C@H](O)[C@@H](O)[C@H](O)[C@H](O)CO)N23)cc1. The molecule has 2 aromatic carbocycles. The van der Waals surface area contributed by atoms with Gasteiger partial charge < -0.3 is 30.4 Å². The van der Waals surface area contributed by atoms with E-state index in [0.29, 0.717) is 5.17 Å². The van der Waals surface area contributed by atoms with Crippen molar-refractivity contribution in [1.82, 2.24) is 10.2 Å². The van der Waals surface area contributed by atoms with E-state index in [0.717, 1.165) is 22.4 Å². The molecule has 0 unspecified atom stereocenters. The van der Waals surface area contributed by atoms with Crippen LogP contribution in [-0.4, -0.2) is 72.8 Å². The number of thioether (sulfide) groups is 1. The van der Waals surface area contributed by atoms with Crippen molar-refractivity contribution < 1.29 is 25.5 Å². The van der Waals surface area contributed by atoms with Gasteiger partial charge in [0, 0.05) is 5.41 Å². The Balaban J connectivity index is 1.70. The quantitative estimate of drug-likeness (QED) is 0.360. The first kappa shape index (κ1) is 22.9. The maximum Gasteiger partial charge on any atom is 0.171 e. The minimum Gasteiger partial charge on any atom is -0.394 e. The summed E-state index contributed by atoms with van der Waals surface area (Å²) in [4.78, 5) is 6.59. The molecule has 2 aromatic rings. The third-order valence-corrected chi connectivity index (χ3v) is 6.51. The van der Waals surface area contributed by atoms with Crippen LogP contribution in [0.3, 0.4) is 0 Å². The number of amidine groups is 1. The number of aliphatic hydroxyl groups excluding tert-OH is 5. The molecule has 2 aliphatic heterocycles. The maximum atomic E-state index is 11.1. The number of rotatable bonds is 7. The number of hydrogen-bond acceptors (Lipinski definition) is 9. The molecule has 9 heteroatoms.